The molecule has 5 rings (SSSR count). The van der Waals surface area contributed by atoms with E-state index in [1.165, 1.54) is 11.1 Å². The van der Waals surface area contributed by atoms with E-state index < -0.39 is 5.60 Å². The second-order valence-corrected chi connectivity index (χ2v) is 10.3. The summed E-state index contributed by atoms with van der Waals surface area (Å²) in [5, 5.41) is 1.16. The van der Waals surface area contributed by atoms with Crippen LogP contribution in [-0.4, -0.2) is 39.8 Å². The first-order chi connectivity index (χ1) is 15.8. The summed E-state index contributed by atoms with van der Waals surface area (Å²) in [6, 6.07) is 17.1. The van der Waals surface area contributed by atoms with E-state index in [4.69, 9.17) is 9.47 Å². The normalized spacial score (nSPS) is 22.4. The Kier molecular flexibility index (Phi) is 5.51. The topological polar surface area (TPSA) is 51.7 Å². The second kappa shape index (κ2) is 8.36. The van der Waals surface area contributed by atoms with Gasteiger partial charge in [-0.05, 0) is 75.4 Å². The zero-order chi connectivity index (χ0) is 23.2. The zero-order valence-corrected chi connectivity index (χ0v) is 19.9. The number of aryl methyl sites for hydroxylation is 1. The number of amides is 1. The predicted octanol–water partition coefficient (Wildman–Crippen LogP) is 6.52. The summed E-state index contributed by atoms with van der Waals surface area (Å²) in [6.45, 7) is 7.88. The van der Waals surface area contributed by atoms with Crippen molar-refractivity contribution in [2.24, 2.45) is 0 Å². The van der Waals surface area contributed by atoms with Crippen molar-refractivity contribution in [1.29, 1.82) is 0 Å². The summed E-state index contributed by atoms with van der Waals surface area (Å²) in [5.74, 6) is 0.880. The van der Waals surface area contributed by atoms with Gasteiger partial charge in [0.1, 0.15) is 17.5 Å². The number of carbonyl (C=O) groups excluding carboxylic acids is 1. The number of nitrogens with zero attached hydrogens (tertiary/aromatic N) is 2. The highest BCUT2D eigenvalue weighted by Gasteiger charge is 2.45. The molecular weight excluding hydrogens is 412 g/mol. The Morgan fingerprint density at radius 1 is 1.00 bits per heavy atom. The minimum Gasteiger partial charge on any atom is -0.490 e. The third-order valence-electron chi connectivity index (χ3n) is 6.79. The minimum absolute atomic E-state index is 0.124. The molecule has 1 amide bonds. The first kappa shape index (κ1) is 21.7. The molecule has 2 aromatic carbocycles. The summed E-state index contributed by atoms with van der Waals surface area (Å²) >= 11 is 0. The van der Waals surface area contributed by atoms with Gasteiger partial charge < -0.3 is 14.4 Å². The Bertz CT molecular complexity index is 1150. The molecule has 1 aromatic heterocycles. The van der Waals surface area contributed by atoms with Gasteiger partial charge in [0.15, 0.2) is 0 Å². The number of fused-ring (bicyclic) bond motifs is 3. The average molecular weight is 445 g/mol. The lowest BCUT2D eigenvalue weighted by Gasteiger charge is -2.39. The Balaban J connectivity index is 1.27. The van der Waals surface area contributed by atoms with E-state index >= 15 is 0 Å². The maximum Gasteiger partial charge on any atom is 0.410 e. The summed E-state index contributed by atoms with van der Waals surface area (Å²) in [6.07, 6.45) is 5.55. The molecule has 33 heavy (non-hydrogen) atoms. The van der Waals surface area contributed by atoms with Crippen molar-refractivity contribution < 1.29 is 14.3 Å². The van der Waals surface area contributed by atoms with Gasteiger partial charge in [0, 0.05) is 36.5 Å². The maximum absolute atomic E-state index is 12.7. The van der Waals surface area contributed by atoms with Gasteiger partial charge in [0.2, 0.25) is 0 Å². The molecule has 2 unspecified atom stereocenters. The van der Waals surface area contributed by atoms with Crippen LogP contribution in [0.15, 0.2) is 54.7 Å². The van der Waals surface area contributed by atoms with Crippen molar-refractivity contribution in [3.63, 3.8) is 0 Å². The molecule has 2 aliphatic heterocycles. The molecule has 3 heterocycles. The van der Waals surface area contributed by atoms with Crippen LogP contribution in [0.2, 0.25) is 0 Å². The van der Waals surface area contributed by atoms with Crippen LogP contribution in [0.3, 0.4) is 0 Å². The van der Waals surface area contributed by atoms with E-state index in [0.29, 0.717) is 0 Å². The van der Waals surface area contributed by atoms with E-state index in [-0.39, 0.29) is 24.3 Å². The maximum atomic E-state index is 12.7. The predicted molar refractivity (Wildman–Crippen MR) is 130 cm³/mol. The lowest BCUT2D eigenvalue weighted by atomic mass is 9.97. The molecule has 5 nitrogen and oxygen atoms in total. The van der Waals surface area contributed by atoms with Crippen molar-refractivity contribution >= 4 is 17.0 Å². The van der Waals surface area contributed by atoms with Crippen molar-refractivity contribution in [3.05, 3.63) is 60.3 Å². The van der Waals surface area contributed by atoms with Gasteiger partial charge in [-0.1, -0.05) is 30.3 Å². The SMILES string of the molecule is Cc1c(-c2ccc(OC3CC4CCC(C3)N4C(=O)OC(C)(C)C)cc2)ccc2cccnc12. The van der Waals surface area contributed by atoms with Crippen LogP contribution in [0, 0.1) is 6.92 Å². The summed E-state index contributed by atoms with van der Waals surface area (Å²) in [4.78, 5) is 19.2. The highest BCUT2D eigenvalue weighted by atomic mass is 16.6. The first-order valence-corrected chi connectivity index (χ1v) is 11.9. The molecule has 172 valence electrons. The number of hydrogen-bond acceptors (Lipinski definition) is 4. The quantitative estimate of drug-likeness (QED) is 0.461. The summed E-state index contributed by atoms with van der Waals surface area (Å²) in [5.41, 5.74) is 4.12. The monoisotopic (exact) mass is 444 g/mol. The first-order valence-electron chi connectivity index (χ1n) is 11.9. The highest BCUT2D eigenvalue weighted by Crippen LogP contribution is 2.38. The molecule has 0 radical (unpaired) electrons. The van der Waals surface area contributed by atoms with Gasteiger partial charge in [0.05, 0.1) is 5.52 Å². The molecule has 0 spiro atoms. The Morgan fingerprint density at radius 2 is 1.70 bits per heavy atom. The van der Waals surface area contributed by atoms with Gasteiger partial charge in [0.25, 0.3) is 0 Å². The van der Waals surface area contributed by atoms with E-state index in [1.807, 2.05) is 37.9 Å². The Morgan fingerprint density at radius 3 is 2.36 bits per heavy atom. The van der Waals surface area contributed by atoms with Crippen LogP contribution in [-0.2, 0) is 4.74 Å². The number of hydrogen-bond donors (Lipinski definition) is 0. The third-order valence-corrected chi connectivity index (χ3v) is 6.79. The van der Waals surface area contributed by atoms with E-state index in [0.717, 1.165) is 47.9 Å². The molecule has 2 bridgehead atoms. The highest BCUT2D eigenvalue weighted by molar-refractivity contribution is 5.88. The van der Waals surface area contributed by atoms with Crippen LogP contribution < -0.4 is 4.74 Å². The molecule has 0 aliphatic carbocycles. The Hall–Kier alpha value is -3.08. The molecule has 2 aliphatic rings. The average Bonchev–Trinajstić information content (AvgIpc) is 3.05. The van der Waals surface area contributed by atoms with Crippen molar-refractivity contribution in [2.75, 3.05) is 0 Å². The number of pyridine rings is 1. The lowest BCUT2D eigenvalue weighted by Crippen LogP contribution is -2.50. The van der Waals surface area contributed by atoms with Crippen LogP contribution >= 0.6 is 0 Å². The van der Waals surface area contributed by atoms with Crippen LogP contribution in [0.4, 0.5) is 4.79 Å². The van der Waals surface area contributed by atoms with Gasteiger partial charge in [-0.15, -0.1) is 0 Å². The zero-order valence-electron chi connectivity index (χ0n) is 19.9. The number of ether oxygens (including phenoxy) is 2. The van der Waals surface area contributed by atoms with Gasteiger partial charge in [-0.2, -0.15) is 0 Å². The molecule has 0 N–H and O–H groups in total. The van der Waals surface area contributed by atoms with Crippen LogP contribution in [0.5, 0.6) is 5.75 Å². The molecular formula is C28H32N2O3. The minimum atomic E-state index is -0.467. The van der Waals surface area contributed by atoms with Crippen molar-refractivity contribution in [1.82, 2.24) is 9.88 Å². The number of aromatic nitrogens is 1. The molecule has 5 heteroatoms. The van der Waals surface area contributed by atoms with Crippen LogP contribution in [0.25, 0.3) is 22.0 Å². The van der Waals surface area contributed by atoms with Gasteiger partial charge >= 0.3 is 6.09 Å². The smallest absolute Gasteiger partial charge is 0.410 e. The van der Waals surface area contributed by atoms with E-state index in [1.54, 1.807) is 0 Å². The van der Waals surface area contributed by atoms with Crippen molar-refractivity contribution in [3.8, 4) is 16.9 Å². The van der Waals surface area contributed by atoms with Crippen molar-refractivity contribution in [2.45, 2.75) is 77.2 Å². The fourth-order valence-corrected chi connectivity index (χ4v) is 5.35. The number of benzene rings is 2. The summed E-state index contributed by atoms with van der Waals surface area (Å²) in [7, 11) is 0. The Labute approximate surface area is 195 Å². The fraction of sp³-hybridized carbons (Fsp3) is 0.429. The van der Waals surface area contributed by atoms with Gasteiger partial charge in [-0.25, -0.2) is 4.79 Å². The molecule has 3 aromatic rings. The van der Waals surface area contributed by atoms with E-state index in [2.05, 4.69) is 54.4 Å². The van der Waals surface area contributed by atoms with Crippen LogP contribution in [0.1, 0.15) is 52.0 Å². The summed E-state index contributed by atoms with van der Waals surface area (Å²) < 4.78 is 12.0. The molecule has 2 atom stereocenters. The fourth-order valence-electron chi connectivity index (χ4n) is 5.35. The second-order valence-electron chi connectivity index (χ2n) is 10.3. The number of rotatable bonds is 3. The number of piperidine rings is 1. The molecule has 2 saturated heterocycles. The van der Waals surface area contributed by atoms with E-state index in [9.17, 15) is 4.79 Å². The largest absolute Gasteiger partial charge is 0.490 e. The molecule has 2 fully saturated rings. The third kappa shape index (κ3) is 4.41. The number of carbonyl (C=O) groups is 1. The standard InChI is InChI=1S/C28H32N2O3/c1-18-25(14-9-20-6-5-15-29-26(18)20)19-7-12-23(13-8-19)32-24-16-21-10-11-22(17-24)30(21)27(31)33-28(2,3)4/h5-9,12-15,21-22,24H,10-11,16-17H2,1-4H3. The lowest BCUT2D eigenvalue weighted by molar-refractivity contribution is -0.00707. The van der Waals surface area contributed by atoms with Gasteiger partial charge in [-0.3, -0.25) is 4.98 Å². The molecule has 0 saturated carbocycles.